The van der Waals surface area contributed by atoms with E-state index in [4.69, 9.17) is 0 Å². The maximum atomic E-state index is 3.65. The van der Waals surface area contributed by atoms with Crippen LogP contribution in [0, 0.1) is 0 Å². The Labute approximate surface area is 93.7 Å². The van der Waals surface area contributed by atoms with Crippen LogP contribution < -0.4 is 0 Å². The van der Waals surface area contributed by atoms with Crippen molar-refractivity contribution in [2.24, 2.45) is 0 Å². The molecule has 0 atom stereocenters. The molecular weight excluding hydrogens is 182 g/mol. The summed E-state index contributed by atoms with van der Waals surface area (Å²) in [6.07, 6.45) is 3.82. The van der Waals surface area contributed by atoms with E-state index < -0.39 is 0 Å². The van der Waals surface area contributed by atoms with Gasteiger partial charge in [-0.3, -0.25) is 4.90 Å². The number of likely N-dealkylation sites (N-methyl/N-ethyl adjacent to an activating group) is 1. The Bertz CT molecular complexity index is 204. The fourth-order valence-electron chi connectivity index (χ4n) is 1.08. The largest absolute Gasteiger partial charge is 0.296 e. The molecule has 1 nitrogen and oxygen atoms in total. The third kappa shape index (κ3) is 8.98. The number of hydrogen-bond donors (Lipinski definition) is 0. The van der Waals surface area contributed by atoms with E-state index in [1.165, 1.54) is 0 Å². The lowest BCUT2D eigenvalue weighted by Crippen LogP contribution is -2.22. The summed E-state index contributed by atoms with van der Waals surface area (Å²) in [5.41, 5.74) is 0. The summed E-state index contributed by atoms with van der Waals surface area (Å²) in [7, 11) is 0. The Morgan fingerprint density at radius 3 is 1.40 bits per heavy atom. The summed E-state index contributed by atoms with van der Waals surface area (Å²) in [6, 6.07) is 12.0. The molecule has 0 aliphatic carbocycles. The Balaban J connectivity index is 0.000000280. The third-order valence-electron chi connectivity index (χ3n) is 1.89. The molecule has 1 aromatic rings. The lowest BCUT2D eigenvalue weighted by atomic mass is 10.4. The van der Waals surface area contributed by atoms with Crippen LogP contribution in [0.3, 0.4) is 0 Å². The predicted molar refractivity (Wildman–Crippen MR) is 69.0 cm³/mol. The monoisotopic (exact) mass is 203 g/mol. The van der Waals surface area contributed by atoms with Crippen LogP contribution >= 0.6 is 0 Å². The molecule has 1 aromatic carbocycles. The SMILES string of the molecule is C=CCN(CC)CC=C.c1ccccc1. The maximum Gasteiger partial charge on any atom is 0.0163 e. The fourth-order valence-corrected chi connectivity index (χ4v) is 1.08. The van der Waals surface area contributed by atoms with Crippen molar-refractivity contribution < 1.29 is 0 Å². The summed E-state index contributed by atoms with van der Waals surface area (Å²) in [5.74, 6) is 0. The maximum absolute atomic E-state index is 3.65. The Morgan fingerprint density at radius 1 is 0.867 bits per heavy atom. The number of hydrogen-bond acceptors (Lipinski definition) is 1. The first-order valence-corrected chi connectivity index (χ1v) is 5.29. The number of benzene rings is 1. The molecule has 0 aromatic heterocycles. The summed E-state index contributed by atoms with van der Waals surface area (Å²) in [6.45, 7) is 12.4. The van der Waals surface area contributed by atoms with Crippen LogP contribution in [-0.2, 0) is 0 Å². The van der Waals surface area contributed by atoms with Crippen LogP contribution in [0.1, 0.15) is 6.92 Å². The minimum atomic E-state index is 0.961. The van der Waals surface area contributed by atoms with Gasteiger partial charge < -0.3 is 0 Å². The standard InChI is InChI=1S/C8H15N.C6H6/c1-4-7-9(6-3)8-5-2;1-2-4-6-5-3-1/h4-5H,1-2,6-8H2,3H3;1-6H. The highest BCUT2D eigenvalue weighted by atomic mass is 15.1. The molecule has 0 heterocycles. The minimum Gasteiger partial charge on any atom is -0.296 e. The number of nitrogens with zero attached hydrogens (tertiary/aromatic N) is 1. The molecule has 0 radical (unpaired) electrons. The molecule has 0 bridgehead atoms. The van der Waals surface area contributed by atoms with E-state index in [0.717, 1.165) is 19.6 Å². The van der Waals surface area contributed by atoms with Crippen molar-refractivity contribution in [2.45, 2.75) is 6.92 Å². The van der Waals surface area contributed by atoms with Gasteiger partial charge in [-0.25, -0.2) is 0 Å². The molecular formula is C14H21N. The van der Waals surface area contributed by atoms with Gasteiger partial charge in [0.25, 0.3) is 0 Å². The van der Waals surface area contributed by atoms with Gasteiger partial charge in [-0.1, -0.05) is 55.5 Å². The molecule has 15 heavy (non-hydrogen) atoms. The normalized spacial score (nSPS) is 8.93. The highest BCUT2D eigenvalue weighted by Gasteiger charge is 1.92. The fraction of sp³-hybridized carbons (Fsp3) is 0.286. The molecule has 0 spiro atoms. The van der Waals surface area contributed by atoms with E-state index in [1.54, 1.807) is 0 Å². The van der Waals surface area contributed by atoms with Crippen molar-refractivity contribution in [1.82, 2.24) is 4.90 Å². The first-order valence-electron chi connectivity index (χ1n) is 5.29. The van der Waals surface area contributed by atoms with Gasteiger partial charge in [-0.2, -0.15) is 0 Å². The smallest absolute Gasteiger partial charge is 0.0163 e. The summed E-state index contributed by atoms with van der Waals surface area (Å²) >= 11 is 0. The van der Waals surface area contributed by atoms with Crippen molar-refractivity contribution in [3.8, 4) is 0 Å². The van der Waals surface area contributed by atoms with Crippen LogP contribution in [0.15, 0.2) is 61.7 Å². The molecule has 0 amide bonds. The van der Waals surface area contributed by atoms with Crippen LogP contribution in [0.5, 0.6) is 0 Å². The molecule has 0 saturated heterocycles. The van der Waals surface area contributed by atoms with Crippen LogP contribution in [0.25, 0.3) is 0 Å². The van der Waals surface area contributed by atoms with Crippen molar-refractivity contribution in [1.29, 1.82) is 0 Å². The lowest BCUT2D eigenvalue weighted by Gasteiger charge is -2.14. The van der Waals surface area contributed by atoms with E-state index >= 15 is 0 Å². The highest BCUT2D eigenvalue weighted by Crippen LogP contribution is 1.86. The summed E-state index contributed by atoms with van der Waals surface area (Å²) < 4.78 is 0. The van der Waals surface area contributed by atoms with Gasteiger partial charge in [0.15, 0.2) is 0 Å². The van der Waals surface area contributed by atoms with Crippen molar-refractivity contribution in [3.63, 3.8) is 0 Å². The zero-order valence-corrected chi connectivity index (χ0v) is 9.60. The second kappa shape index (κ2) is 10.7. The molecule has 0 aliphatic rings. The number of rotatable bonds is 5. The van der Waals surface area contributed by atoms with Crippen molar-refractivity contribution >= 4 is 0 Å². The lowest BCUT2D eigenvalue weighted by molar-refractivity contribution is 0.355. The van der Waals surface area contributed by atoms with Gasteiger partial charge >= 0.3 is 0 Å². The van der Waals surface area contributed by atoms with Crippen molar-refractivity contribution in [3.05, 3.63) is 61.7 Å². The average molecular weight is 203 g/mol. The minimum absolute atomic E-state index is 0.961. The summed E-state index contributed by atoms with van der Waals surface area (Å²) in [5, 5.41) is 0. The zero-order chi connectivity index (χ0) is 11.4. The van der Waals surface area contributed by atoms with E-state index in [2.05, 4.69) is 25.0 Å². The van der Waals surface area contributed by atoms with E-state index in [-0.39, 0.29) is 0 Å². The van der Waals surface area contributed by atoms with Crippen LogP contribution in [0.2, 0.25) is 0 Å². The van der Waals surface area contributed by atoms with E-state index in [0.29, 0.717) is 0 Å². The van der Waals surface area contributed by atoms with Gasteiger partial charge in [-0.05, 0) is 6.54 Å². The zero-order valence-electron chi connectivity index (χ0n) is 9.60. The Morgan fingerprint density at radius 2 is 1.20 bits per heavy atom. The second-order valence-corrected chi connectivity index (χ2v) is 3.08. The van der Waals surface area contributed by atoms with E-state index in [9.17, 15) is 0 Å². The molecule has 1 heteroatoms. The second-order valence-electron chi connectivity index (χ2n) is 3.08. The van der Waals surface area contributed by atoms with Crippen LogP contribution in [0.4, 0.5) is 0 Å². The van der Waals surface area contributed by atoms with Gasteiger partial charge in [0, 0.05) is 13.1 Å². The molecule has 0 unspecified atom stereocenters. The molecule has 0 fully saturated rings. The molecule has 1 rings (SSSR count). The van der Waals surface area contributed by atoms with E-state index in [1.807, 2.05) is 48.6 Å². The molecule has 0 aliphatic heterocycles. The first-order chi connectivity index (χ1) is 7.35. The predicted octanol–water partition coefficient (Wildman–Crippen LogP) is 3.37. The highest BCUT2D eigenvalue weighted by molar-refractivity contribution is 4.99. The Kier molecular flexibility index (Phi) is 9.78. The summed E-state index contributed by atoms with van der Waals surface area (Å²) in [4.78, 5) is 2.25. The molecule has 82 valence electrons. The van der Waals surface area contributed by atoms with Gasteiger partial charge in [0.1, 0.15) is 0 Å². The topological polar surface area (TPSA) is 3.24 Å². The Hall–Kier alpha value is -1.34. The quantitative estimate of drug-likeness (QED) is 0.663. The third-order valence-corrected chi connectivity index (χ3v) is 1.89. The molecule has 0 N–H and O–H groups in total. The average Bonchev–Trinajstić information content (AvgIpc) is 2.32. The van der Waals surface area contributed by atoms with Gasteiger partial charge in [-0.15, -0.1) is 13.2 Å². The van der Waals surface area contributed by atoms with Crippen molar-refractivity contribution in [2.75, 3.05) is 19.6 Å². The van der Waals surface area contributed by atoms with Crippen LogP contribution in [-0.4, -0.2) is 24.5 Å². The first kappa shape index (κ1) is 13.7. The van der Waals surface area contributed by atoms with Gasteiger partial charge in [0.2, 0.25) is 0 Å². The molecule has 0 saturated carbocycles. The van der Waals surface area contributed by atoms with Gasteiger partial charge in [0.05, 0.1) is 0 Å².